The van der Waals surface area contributed by atoms with Gasteiger partial charge in [-0.25, -0.2) is 0 Å². The van der Waals surface area contributed by atoms with Crippen LogP contribution in [0, 0.1) is 27.9 Å². The molecule has 0 spiro atoms. The number of benzene rings is 1. The highest BCUT2D eigenvalue weighted by molar-refractivity contribution is 6.27. The second-order valence-corrected chi connectivity index (χ2v) is 5.96. The fraction of sp³-hybridized carbons (Fsp3) is 0.400. The summed E-state index contributed by atoms with van der Waals surface area (Å²) in [4.78, 5) is 46.4. The SMILES string of the molecule is O=C1CC2CC2C(=O)C1C(=O)c1ccc(C(F)(F)F)cc1[N+](=O)[O-]. The molecule has 2 fully saturated rings. The highest BCUT2D eigenvalue weighted by Crippen LogP contribution is 2.48. The maximum Gasteiger partial charge on any atom is 0.416 e. The third-order valence-corrected chi connectivity index (χ3v) is 4.41. The Morgan fingerprint density at radius 2 is 1.92 bits per heavy atom. The average molecular weight is 341 g/mol. The summed E-state index contributed by atoms with van der Waals surface area (Å²) in [6, 6.07) is 1.42. The topological polar surface area (TPSA) is 94.3 Å². The lowest BCUT2D eigenvalue weighted by molar-refractivity contribution is -0.385. The van der Waals surface area contributed by atoms with Gasteiger partial charge in [0.2, 0.25) is 0 Å². The molecular formula is C15H10F3NO5. The van der Waals surface area contributed by atoms with Crippen LogP contribution in [0.1, 0.15) is 28.8 Å². The van der Waals surface area contributed by atoms with Crippen molar-refractivity contribution in [3.8, 4) is 0 Å². The number of Topliss-reactive ketones (excluding diaryl/α,β-unsaturated/α-hetero) is 3. The molecule has 2 aliphatic carbocycles. The minimum Gasteiger partial charge on any atom is -0.298 e. The van der Waals surface area contributed by atoms with Crippen LogP contribution < -0.4 is 0 Å². The Bertz CT molecular complexity index is 786. The molecule has 2 aliphatic rings. The van der Waals surface area contributed by atoms with Crippen LogP contribution in [-0.4, -0.2) is 22.3 Å². The van der Waals surface area contributed by atoms with Crippen LogP contribution in [0.5, 0.6) is 0 Å². The van der Waals surface area contributed by atoms with Gasteiger partial charge in [0.25, 0.3) is 5.69 Å². The van der Waals surface area contributed by atoms with Gasteiger partial charge in [0.15, 0.2) is 17.3 Å². The largest absolute Gasteiger partial charge is 0.416 e. The Hall–Kier alpha value is -2.58. The summed E-state index contributed by atoms with van der Waals surface area (Å²) in [6.07, 6.45) is -4.27. The Morgan fingerprint density at radius 3 is 2.50 bits per heavy atom. The molecule has 9 heteroatoms. The second-order valence-electron chi connectivity index (χ2n) is 5.96. The normalized spacial score (nSPS) is 26.0. The number of nitro groups is 1. The molecule has 6 nitrogen and oxygen atoms in total. The van der Waals surface area contributed by atoms with Gasteiger partial charge in [0.05, 0.1) is 16.1 Å². The molecule has 0 radical (unpaired) electrons. The minimum atomic E-state index is -4.82. The number of hydrogen-bond donors (Lipinski definition) is 0. The van der Waals surface area contributed by atoms with Crippen LogP contribution in [0.2, 0.25) is 0 Å². The third-order valence-electron chi connectivity index (χ3n) is 4.41. The first-order valence-corrected chi connectivity index (χ1v) is 7.07. The van der Waals surface area contributed by atoms with Crippen LogP contribution in [0.25, 0.3) is 0 Å². The molecule has 0 aromatic heterocycles. The van der Waals surface area contributed by atoms with Gasteiger partial charge in [-0.2, -0.15) is 13.2 Å². The standard InChI is InChI=1S/C15H10F3NO5/c16-15(17,18)7-1-2-8(10(5-7)19(23)24)13(21)12-11(20)4-6-3-9(6)14(12)22/h1-2,5-6,9,12H,3-4H2. The summed E-state index contributed by atoms with van der Waals surface area (Å²) in [5, 5.41) is 11.0. The van der Waals surface area contributed by atoms with Crippen LogP contribution in [0.4, 0.5) is 18.9 Å². The van der Waals surface area contributed by atoms with Crippen molar-refractivity contribution in [1.29, 1.82) is 0 Å². The quantitative estimate of drug-likeness (QED) is 0.364. The first-order valence-electron chi connectivity index (χ1n) is 7.07. The molecule has 3 atom stereocenters. The molecule has 3 unspecified atom stereocenters. The Morgan fingerprint density at radius 1 is 1.25 bits per heavy atom. The number of alkyl halides is 3. The molecule has 1 aromatic rings. The highest BCUT2D eigenvalue weighted by Gasteiger charge is 2.55. The molecule has 2 saturated carbocycles. The summed E-state index contributed by atoms with van der Waals surface area (Å²) >= 11 is 0. The van der Waals surface area contributed by atoms with E-state index in [1.165, 1.54) is 0 Å². The van der Waals surface area contributed by atoms with Crippen LogP contribution in [0.3, 0.4) is 0 Å². The zero-order valence-corrected chi connectivity index (χ0v) is 12.0. The van der Waals surface area contributed by atoms with E-state index >= 15 is 0 Å². The molecule has 24 heavy (non-hydrogen) atoms. The average Bonchev–Trinajstić information content (AvgIpc) is 3.25. The number of carbonyl (C=O) groups is 3. The van der Waals surface area contributed by atoms with Gasteiger partial charge in [0, 0.05) is 18.4 Å². The fourth-order valence-electron chi connectivity index (χ4n) is 3.07. The van der Waals surface area contributed by atoms with Crippen LogP contribution >= 0.6 is 0 Å². The van der Waals surface area contributed by atoms with Crippen LogP contribution in [0.15, 0.2) is 18.2 Å². The predicted octanol–water partition coefficient (Wildman–Crippen LogP) is 2.59. The monoisotopic (exact) mass is 341 g/mol. The van der Waals surface area contributed by atoms with Gasteiger partial charge in [0.1, 0.15) is 5.92 Å². The lowest BCUT2D eigenvalue weighted by atomic mass is 9.81. The molecule has 0 N–H and O–H groups in total. The van der Waals surface area contributed by atoms with Crippen molar-refractivity contribution in [2.75, 3.05) is 0 Å². The Kier molecular flexibility index (Phi) is 3.54. The van der Waals surface area contributed by atoms with E-state index < -0.39 is 57.1 Å². The van der Waals surface area contributed by atoms with E-state index in [9.17, 15) is 37.7 Å². The highest BCUT2D eigenvalue weighted by atomic mass is 19.4. The fourth-order valence-corrected chi connectivity index (χ4v) is 3.07. The minimum absolute atomic E-state index is 0.0429. The van der Waals surface area contributed by atoms with E-state index in [2.05, 4.69) is 0 Å². The van der Waals surface area contributed by atoms with E-state index in [-0.39, 0.29) is 18.4 Å². The Balaban J connectivity index is 2.02. The number of nitrogens with zero attached hydrogens (tertiary/aromatic N) is 1. The third kappa shape index (κ3) is 2.59. The first-order chi connectivity index (χ1) is 11.1. The maximum absolute atomic E-state index is 12.7. The predicted molar refractivity (Wildman–Crippen MR) is 72.1 cm³/mol. The van der Waals surface area contributed by atoms with Crippen molar-refractivity contribution in [1.82, 2.24) is 0 Å². The van der Waals surface area contributed by atoms with Crippen molar-refractivity contribution in [2.45, 2.75) is 19.0 Å². The van der Waals surface area contributed by atoms with Gasteiger partial charge in [-0.15, -0.1) is 0 Å². The molecule has 0 aliphatic heterocycles. The first kappa shape index (κ1) is 16.3. The zero-order chi connectivity index (χ0) is 17.8. The molecule has 3 rings (SSSR count). The van der Waals surface area contributed by atoms with Gasteiger partial charge in [-0.05, 0) is 24.5 Å². The summed E-state index contributed by atoms with van der Waals surface area (Å²) in [7, 11) is 0. The second kappa shape index (κ2) is 5.22. The Labute approximate surface area is 132 Å². The van der Waals surface area contributed by atoms with Crippen molar-refractivity contribution in [3.63, 3.8) is 0 Å². The van der Waals surface area contributed by atoms with E-state index in [0.717, 1.165) is 0 Å². The van der Waals surface area contributed by atoms with Crippen LogP contribution in [-0.2, 0) is 15.8 Å². The molecule has 0 bridgehead atoms. The number of carbonyl (C=O) groups excluding carboxylic acids is 3. The summed E-state index contributed by atoms with van der Waals surface area (Å²) in [5.74, 6) is -4.44. The molecule has 0 amide bonds. The number of ketones is 3. The summed E-state index contributed by atoms with van der Waals surface area (Å²) in [5.41, 5.74) is -3.00. The maximum atomic E-state index is 12.7. The number of halogens is 3. The van der Waals surface area contributed by atoms with E-state index in [1.54, 1.807) is 0 Å². The van der Waals surface area contributed by atoms with Gasteiger partial charge < -0.3 is 0 Å². The molecule has 0 heterocycles. The lowest BCUT2D eigenvalue weighted by Crippen LogP contribution is -2.37. The van der Waals surface area contributed by atoms with Gasteiger partial charge in [-0.3, -0.25) is 24.5 Å². The van der Waals surface area contributed by atoms with Crippen molar-refractivity contribution in [3.05, 3.63) is 39.4 Å². The summed E-state index contributed by atoms with van der Waals surface area (Å²) < 4.78 is 38.1. The van der Waals surface area contributed by atoms with E-state index in [4.69, 9.17) is 0 Å². The molecule has 126 valence electrons. The van der Waals surface area contributed by atoms with E-state index in [1.807, 2.05) is 0 Å². The number of hydrogen-bond acceptors (Lipinski definition) is 5. The molecular weight excluding hydrogens is 331 g/mol. The van der Waals surface area contributed by atoms with Crippen molar-refractivity contribution in [2.24, 2.45) is 17.8 Å². The van der Waals surface area contributed by atoms with Gasteiger partial charge >= 0.3 is 6.18 Å². The number of rotatable bonds is 3. The number of fused-ring (bicyclic) bond motifs is 1. The molecule has 0 saturated heterocycles. The van der Waals surface area contributed by atoms with E-state index in [0.29, 0.717) is 18.6 Å². The number of nitro benzene ring substituents is 1. The smallest absolute Gasteiger partial charge is 0.298 e. The van der Waals surface area contributed by atoms with Gasteiger partial charge in [-0.1, -0.05) is 0 Å². The molecule has 1 aromatic carbocycles. The lowest BCUT2D eigenvalue weighted by Gasteiger charge is -2.18. The van der Waals surface area contributed by atoms with Crippen molar-refractivity contribution < 1.29 is 32.5 Å². The summed E-state index contributed by atoms with van der Waals surface area (Å²) in [6.45, 7) is 0. The zero-order valence-electron chi connectivity index (χ0n) is 12.0. The van der Waals surface area contributed by atoms with Crippen molar-refractivity contribution >= 4 is 23.0 Å².